The number of alkyl halides is 1. The molecule has 0 spiro atoms. The predicted octanol–water partition coefficient (Wildman–Crippen LogP) is 2.25. The number of Topliss-reactive ketones (excluding diaryl/α,β-unsaturated/α-hetero) is 1. The normalized spacial score (nSPS) is 10.2. The summed E-state index contributed by atoms with van der Waals surface area (Å²) in [5.74, 6) is -1.13. The van der Waals surface area contributed by atoms with Crippen LogP contribution in [-0.4, -0.2) is 36.1 Å². The first-order valence-electron chi connectivity index (χ1n) is 5.10. The van der Waals surface area contributed by atoms with E-state index in [0.29, 0.717) is 11.1 Å². The van der Waals surface area contributed by atoms with Gasteiger partial charge in [-0.1, -0.05) is 15.9 Å². The number of hydrogen-bond acceptors (Lipinski definition) is 4. The Morgan fingerprint density at radius 3 is 2.50 bits per heavy atom. The lowest BCUT2D eigenvalue weighted by Gasteiger charge is -2.11. The lowest BCUT2D eigenvalue weighted by Crippen LogP contribution is -2.10. The highest BCUT2D eigenvalue weighted by atomic mass is 79.9. The van der Waals surface area contributed by atoms with Crippen LogP contribution in [0.2, 0.25) is 0 Å². The fourth-order valence-corrected chi connectivity index (χ4v) is 1.76. The summed E-state index contributed by atoms with van der Waals surface area (Å²) in [7, 11) is 1.44. The van der Waals surface area contributed by atoms with Crippen molar-refractivity contribution in [1.29, 1.82) is 0 Å². The highest BCUT2D eigenvalue weighted by Crippen LogP contribution is 2.24. The van der Waals surface area contributed by atoms with Gasteiger partial charge >= 0.3 is 5.97 Å². The molecule has 0 amide bonds. The van der Waals surface area contributed by atoms with E-state index in [1.54, 1.807) is 6.92 Å². The minimum Gasteiger partial charge on any atom is -0.478 e. The van der Waals surface area contributed by atoms with Crippen LogP contribution in [0.1, 0.15) is 26.3 Å². The van der Waals surface area contributed by atoms with Gasteiger partial charge in [0.1, 0.15) is 11.3 Å². The molecule has 18 heavy (non-hydrogen) atoms. The van der Waals surface area contributed by atoms with Crippen LogP contribution in [0.4, 0.5) is 0 Å². The lowest BCUT2D eigenvalue weighted by atomic mass is 10.0. The molecule has 1 rings (SSSR count). The van der Waals surface area contributed by atoms with Gasteiger partial charge in [-0.05, 0) is 24.6 Å². The smallest absolute Gasteiger partial charge is 0.339 e. The SMILES string of the molecule is COCOc1cc(C)c(C(=O)CBr)cc1C(=O)O. The van der Waals surface area contributed by atoms with Gasteiger partial charge in [0.05, 0.1) is 5.33 Å². The van der Waals surface area contributed by atoms with Gasteiger partial charge in [0, 0.05) is 12.7 Å². The van der Waals surface area contributed by atoms with Gasteiger partial charge < -0.3 is 14.6 Å². The summed E-state index contributed by atoms with van der Waals surface area (Å²) in [5, 5.41) is 9.23. The highest BCUT2D eigenvalue weighted by Gasteiger charge is 2.17. The molecule has 0 bridgehead atoms. The molecule has 1 aromatic carbocycles. The molecule has 0 saturated heterocycles. The van der Waals surface area contributed by atoms with E-state index in [2.05, 4.69) is 15.9 Å². The van der Waals surface area contributed by atoms with Crippen LogP contribution in [0.3, 0.4) is 0 Å². The summed E-state index contributed by atoms with van der Waals surface area (Å²) in [4.78, 5) is 22.7. The zero-order valence-corrected chi connectivity index (χ0v) is 11.6. The Kier molecular flexibility index (Phi) is 5.30. The highest BCUT2D eigenvalue weighted by molar-refractivity contribution is 9.09. The molecule has 0 aliphatic rings. The average Bonchev–Trinajstić information content (AvgIpc) is 2.34. The van der Waals surface area contributed by atoms with Crippen molar-refractivity contribution in [2.45, 2.75) is 6.92 Å². The van der Waals surface area contributed by atoms with Crippen LogP contribution in [-0.2, 0) is 4.74 Å². The molecule has 6 heteroatoms. The molecule has 1 aromatic rings. The van der Waals surface area contributed by atoms with E-state index in [1.807, 2.05) is 0 Å². The Hall–Kier alpha value is -1.40. The van der Waals surface area contributed by atoms with Crippen LogP contribution in [0.25, 0.3) is 0 Å². The maximum Gasteiger partial charge on any atom is 0.339 e. The van der Waals surface area contributed by atoms with Crippen LogP contribution in [0.15, 0.2) is 12.1 Å². The van der Waals surface area contributed by atoms with Gasteiger partial charge in [0.25, 0.3) is 0 Å². The van der Waals surface area contributed by atoms with Crippen molar-refractivity contribution in [3.05, 3.63) is 28.8 Å². The molecule has 0 atom stereocenters. The second-order valence-corrected chi connectivity index (χ2v) is 4.14. The summed E-state index contributed by atoms with van der Waals surface area (Å²) >= 11 is 3.06. The van der Waals surface area contributed by atoms with Crippen molar-refractivity contribution in [3.8, 4) is 5.75 Å². The summed E-state index contributed by atoms with van der Waals surface area (Å²) in [5.41, 5.74) is 0.978. The van der Waals surface area contributed by atoms with Crippen molar-refractivity contribution >= 4 is 27.7 Å². The van der Waals surface area contributed by atoms with Crippen molar-refractivity contribution in [2.75, 3.05) is 19.2 Å². The molecule has 0 aliphatic carbocycles. The summed E-state index contributed by atoms with van der Waals surface area (Å²) < 4.78 is 9.90. The number of ketones is 1. The number of methoxy groups -OCH3 is 1. The molecule has 0 saturated carbocycles. The topological polar surface area (TPSA) is 72.8 Å². The van der Waals surface area contributed by atoms with Crippen molar-refractivity contribution in [2.24, 2.45) is 0 Å². The molecule has 5 nitrogen and oxygen atoms in total. The number of rotatable bonds is 6. The first kappa shape index (κ1) is 14.7. The molecule has 0 radical (unpaired) electrons. The van der Waals surface area contributed by atoms with E-state index < -0.39 is 5.97 Å². The first-order valence-corrected chi connectivity index (χ1v) is 6.22. The molecule has 1 N–H and O–H groups in total. The number of carboxylic acid groups (broad SMARTS) is 1. The first-order chi connectivity index (χ1) is 8.51. The zero-order valence-electron chi connectivity index (χ0n) is 10.0. The number of carboxylic acids is 1. The number of hydrogen-bond donors (Lipinski definition) is 1. The summed E-state index contributed by atoms with van der Waals surface area (Å²) in [6, 6.07) is 2.85. The van der Waals surface area contributed by atoms with Crippen LogP contribution < -0.4 is 4.74 Å². The van der Waals surface area contributed by atoms with Gasteiger partial charge in [0.2, 0.25) is 0 Å². The molecule has 0 unspecified atom stereocenters. The molecule has 0 aromatic heterocycles. The standard InChI is InChI=1S/C12H13BrO5/c1-7-3-11(18-6-17-2)9(12(15)16)4-8(7)10(14)5-13/h3-4H,5-6H2,1-2H3,(H,15,16). The summed E-state index contributed by atoms with van der Waals surface area (Å²) in [6.45, 7) is 1.67. The Balaban J connectivity index is 3.25. The number of benzene rings is 1. The van der Waals surface area contributed by atoms with E-state index in [-0.39, 0.29) is 29.2 Å². The van der Waals surface area contributed by atoms with E-state index in [1.165, 1.54) is 19.2 Å². The minimum atomic E-state index is -1.15. The minimum absolute atomic E-state index is 0.0501. The van der Waals surface area contributed by atoms with E-state index in [0.717, 1.165) is 0 Å². The largest absolute Gasteiger partial charge is 0.478 e. The number of aryl methyl sites for hydroxylation is 1. The van der Waals surface area contributed by atoms with Gasteiger partial charge in [0.15, 0.2) is 12.6 Å². The maximum absolute atomic E-state index is 11.6. The molecular weight excluding hydrogens is 304 g/mol. The molecular formula is C12H13BrO5. The van der Waals surface area contributed by atoms with Gasteiger partial charge in [-0.15, -0.1) is 0 Å². The number of aromatic carboxylic acids is 1. The van der Waals surface area contributed by atoms with Crippen molar-refractivity contribution < 1.29 is 24.2 Å². The Labute approximate surface area is 113 Å². The molecule has 0 heterocycles. The summed E-state index contributed by atoms with van der Waals surface area (Å²) in [6.07, 6.45) is 0. The Morgan fingerprint density at radius 1 is 1.33 bits per heavy atom. The quantitative estimate of drug-likeness (QED) is 0.495. The van der Waals surface area contributed by atoms with Crippen molar-refractivity contribution in [1.82, 2.24) is 0 Å². The lowest BCUT2D eigenvalue weighted by molar-refractivity contribution is 0.0483. The van der Waals surface area contributed by atoms with Crippen LogP contribution in [0.5, 0.6) is 5.75 Å². The molecule has 0 aliphatic heterocycles. The Morgan fingerprint density at radius 2 is 2.00 bits per heavy atom. The fourth-order valence-electron chi connectivity index (χ4n) is 1.46. The number of carbonyl (C=O) groups excluding carboxylic acids is 1. The van der Waals surface area contributed by atoms with Crippen molar-refractivity contribution in [3.63, 3.8) is 0 Å². The van der Waals surface area contributed by atoms with E-state index in [4.69, 9.17) is 14.6 Å². The number of halogens is 1. The number of ether oxygens (including phenoxy) is 2. The fraction of sp³-hybridized carbons (Fsp3) is 0.333. The average molecular weight is 317 g/mol. The van der Waals surface area contributed by atoms with Crippen LogP contribution in [0, 0.1) is 6.92 Å². The molecule has 0 fully saturated rings. The second-order valence-electron chi connectivity index (χ2n) is 3.58. The monoisotopic (exact) mass is 316 g/mol. The van der Waals surface area contributed by atoms with E-state index in [9.17, 15) is 9.59 Å². The predicted molar refractivity (Wildman–Crippen MR) is 68.8 cm³/mol. The third-order valence-corrected chi connectivity index (χ3v) is 2.82. The maximum atomic E-state index is 11.6. The van der Waals surface area contributed by atoms with Crippen LogP contribution >= 0.6 is 15.9 Å². The third-order valence-electron chi connectivity index (χ3n) is 2.31. The second kappa shape index (κ2) is 6.51. The third kappa shape index (κ3) is 3.30. The Bertz CT molecular complexity index is 470. The number of carbonyl (C=O) groups is 2. The van der Waals surface area contributed by atoms with E-state index >= 15 is 0 Å². The zero-order chi connectivity index (χ0) is 13.7. The molecule has 98 valence electrons. The van der Waals surface area contributed by atoms with Gasteiger partial charge in [-0.25, -0.2) is 4.79 Å². The van der Waals surface area contributed by atoms with Gasteiger partial charge in [-0.3, -0.25) is 4.79 Å². The van der Waals surface area contributed by atoms with Gasteiger partial charge in [-0.2, -0.15) is 0 Å².